The summed E-state index contributed by atoms with van der Waals surface area (Å²) in [5, 5.41) is 21.0. The normalized spacial score (nSPS) is 10.4. The first-order chi connectivity index (χ1) is 10.0. The molecule has 0 aliphatic rings. The first kappa shape index (κ1) is 15.6. The van der Waals surface area contributed by atoms with Crippen molar-refractivity contribution in [3.05, 3.63) is 67.7 Å². The Kier molecular flexibility index (Phi) is 5.01. The number of hydrogen-bond acceptors (Lipinski definition) is 4. The number of benzene rings is 2. The molecule has 2 aromatic rings. The van der Waals surface area contributed by atoms with Crippen LogP contribution in [0.4, 0.5) is 5.69 Å². The molecule has 110 valence electrons. The molecular formula is C14H11Cl2NO4. The molecule has 0 saturated heterocycles. The van der Waals surface area contributed by atoms with Gasteiger partial charge in [0.15, 0.2) is 0 Å². The summed E-state index contributed by atoms with van der Waals surface area (Å²) < 4.78 is 5.53. The van der Waals surface area contributed by atoms with Crippen LogP contribution in [-0.2, 0) is 13.2 Å². The molecule has 0 radical (unpaired) electrons. The van der Waals surface area contributed by atoms with Crippen LogP contribution in [0.3, 0.4) is 0 Å². The van der Waals surface area contributed by atoms with Crippen molar-refractivity contribution in [1.29, 1.82) is 0 Å². The Labute approximate surface area is 130 Å². The van der Waals surface area contributed by atoms with Crippen LogP contribution in [0.25, 0.3) is 0 Å². The van der Waals surface area contributed by atoms with Crippen LogP contribution in [0.2, 0.25) is 10.0 Å². The number of hydrogen-bond donors (Lipinski definition) is 1. The molecule has 2 rings (SSSR count). The van der Waals surface area contributed by atoms with Gasteiger partial charge in [-0.3, -0.25) is 10.1 Å². The SMILES string of the molecule is O=[N+]([O-])c1ccc(Cl)cc1COc1cccc(Cl)c1CO. The van der Waals surface area contributed by atoms with Crippen LogP contribution in [0.1, 0.15) is 11.1 Å². The highest BCUT2D eigenvalue weighted by molar-refractivity contribution is 6.31. The van der Waals surface area contributed by atoms with Gasteiger partial charge < -0.3 is 9.84 Å². The fourth-order valence-corrected chi connectivity index (χ4v) is 2.25. The van der Waals surface area contributed by atoms with Gasteiger partial charge in [0, 0.05) is 21.7 Å². The number of rotatable bonds is 5. The van der Waals surface area contributed by atoms with Crippen LogP contribution >= 0.6 is 23.2 Å². The fourth-order valence-electron chi connectivity index (χ4n) is 1.83. The average molecular weight is 328 g/mol. The first-order valence-electron chi connectivity index (χ1n) is 5.96. The molecule has 1 N–H and O–H groups in total. The van der Waals surface area contributed by atoms with Crippen LogP contribution in [0, 0.1) is 10.1 Å². The molecule has 0 atom stereocenters. The highest BCUT2D eigenvalue weighted by Crippen LogP contribution is 2.29. The zero-order valence-corrected chi connectivity index (χ0v) is 12.3. The second-order valence-electron chi connectivity index (χ2n) is 4.19. The zero-order valence-electron chi connectivity index (χ0n) is 10.8. The molecule has 0 aliphatic heterocycles. The summed E-state index contributed by atoms with van der Waals surface area (Å²) in [7, 11) is 0. The van der Waals surface area contributed by atoms with Gasteiger partial charge in [0.25, 0.3) is 5.69 Å². The molecule has 0 amide bonds. The van der Waals surface area contributed by atoms with E-state index in [1.54, 1.807) is 18.2 Å². The molecule has 0 saturated carbocycles. The monoisotopic (exact) mass is 327 g/mol. The fraction of sp³-hybridized carbons (Fsp3) is 0.143. The lowest BCUT2D eigenvalue weighted by atomic mass is 10.2. The van der Waals surface area contributed by atoms with Gasteiger partial charge in [-0.15, -0.1) is 0 Å². The topological polar surface area (TPSA) is 72.6 Å². The third-order valence-corrected chi connectivity index (χ3v) is 3.44. The third kappa shape index (κ3) is 3.64. The van der Waals surface area contributed by atoms with Crippen molar-refractivity contribution < 1.29 is 14.8 Å². The van der Waals surface area contributed by atoms with E-state index >= 15 is 0 Å². The van der Waals surface area contributed by atoms with Crippen molar-refractivity contribution in [2.24, 2.45) is 0 Å². The molecule has 7 heteroatoms. The summed E-state index contributed by atoms with van der Waals surface area (Å²) in [6.07, 6.45) is 0. The standard InChI is InChI=1S/C14H11Cl2NO4/c15-10-4-5-13(17(19)20)9(6-10)8-21-14-3-1-2-12(16)11(14)7-18/h1-6,18H,7-8H2. The highest BCUT2D eigenvalue weighted by atomic mass is 35.5. The maximum atomic E-state index is 11.0. The van der Waals surface area contributed by atoms with Gasteiger partial charge in [0.1, 0.15) is 12.4 Å². The van der Waals surface area contributed by atoms with Gasteiger partial charge in [-0.2, -0.15) is 0 Å². The molecule has 0 aliphatic carbocycles. The first-order valence-corrected chi connectivity index (χ1v) is 6.72. The number of halogens is 2. The van der Waals surface area contributed by atoms with Gasteiger partial charge >= 0.3 is 0 Å². The van der Waals surface area contributed by atoms with E-state index in [9.17, 15) is 15.2 Å². The largest absolute Gasteiger partial charge is 0.488 e. The number of nitrogens with zero attached hydrogens (tertiary/aromatic N) is 1. The second-order valence-corrected chi connectivity index (χ2v) is 5.04. The zero-order chi connectivity index (χ0) is 15.4. The van der Waals surface area contributed by atoms with E-state index in [1.807, 2.05) is 0 Å². The van der Waals surface area contributed by atoms with Crippen molar-refractivity contribution >= 4 is 28.9 Å². The van der Waals surface area contributed by atoms with Gasteiger partial charge in [-0.1, -0.05) is 29.3 Å². The Balaban J connectivity index is 2.26. The van der Waals surface area contributed by atoms with Crippen molar-refractivity contribution in [3.8, 4) is 5.75 Å². The van der Waals surface area contributed by atoms with E-state index in [1.165, 1.54) is 18.2 Å². The number of aliphatic hydroxyl groups is 1. The third-order valence-electron chi connectivity index (χ3n) is 2.86. The van der Waals surface area contributed by atoms with Crippen molar-refractivity contribution in [3.63, 3.8) is 0 Å². The van der Waals surface area contributed by atoms with Crippen molar-refractivity contribution in [1.82, 2.24) is 0 Å². The molecule has 0 bridgehead atoms. The molecule has 0 unspecified atom stereocenters. The summed E-state index contributed by atoms with van der Waals surface area (Å²) >= 11 is 11.8. The van der Waals surface area contributed by atoms with Crippen LogP contribution in [0.5, 0.6) is 5.75 Å². The number of aliphatic hydroxyl groups excluding tert-OH is 1. The van der Waals surface area contributed by atoms with Gasteiger partial charge in [0.2, 0.25) is 0 Å². The highest BCUT2D eigenvalue weighted by Gasteiger charge is 2.15. The Hall–Kier alpha value is -1.82. The molecular weight excluding hydrogens is 317 g/mol. The lowest BCUT2D eigenvalue weighted by Crippen LogP contribution is -2.02. The Morgan fingerprint density at radius 3 is 2.67 bits per heavy atom. The lowest BCUT2D eigenvalue weighted by Gasteiger charge is -2.11. The van der Waals surface area contributed by atoms with Crippen molar-refractivity contribution in [2.45, 2.75) is 13.2 Å². The molecule has 5 nitrogen and oxygen atoms in total. The Bertz CT molecular complexity index is 676. The lowest BCUT2D eigenvalue weighted by molar-refractivity contribution is -0.385. The molecule has 0 spiro atoms. The molecule has 0 fully saturated rings. The molecule has 2 aromatic carbocycles. The van der Waals surface area contributed by atoms with Gasteiger partial charge in [-0.25, -0.2) is 0 Å². The van der Waals surface area contributed by atoms with E-state index < -0.39 is 4.92 Å². The molecule has 21 heavy (non-hydrogen) atoms. The number of nitro groups is 1. The average Bonchev–Trinajstić information content (AvgIpc) is 2.44. The molecule has 0 heterocycles. The number of ether oxygens (including phenoxy) is 1. The van der Waals surface area contributed by atoms with Crippen LogP contribution < -0.4 is 4.74 Å². The summed E-state index contributed by atoms with van der Waals surface area (Å²) in [4.78, 5) is 10.5. The van der Waals surface area contributed by atoms with Gasteiger partial charge in [-0.05, 0) is 24.3 Å². The minimum Gasteiger partial charge on any atom is -0.488 e. The van der Waals surface area contributed by atoms with E-state index in [0.717, 1.165) is 0 Å². The quantitative estimate of drug-likeness (QED) is 0.666. The van der Waals surface area contributed by atoms with Crippen molar-refractivity contribution in [2.75, 3.05) is 0 Å². The number of nitro benzene ring substituents is 1. The maximum absolute atomic E-state index is 11.0. The summed E-state index contributed by atoms with van der Waals surface area (Å²) in [5.41, 5.74) is 0.701. The Morgan fingerprint density at radius 1 is 1.24 bits per heavy atom. The van der Waals surface area contributed by atoms with Gasteiger partial charge in [0.05, 0.1) is 17.1 Å². The predicted molar refractivity (Wildman–Crippen MR) is 79.8 cm³/mol. The summed E-state index contributed by atoms with van der Waals surface area (Å²) in [6, 6.07) is 9.18. The smallest absolute Gasteiger partial charge is 0.276 e. The van der Waals surface area contributed by atoms with E-state index in [2.05, 4.69) is 0 Å². The minimum absolute atomic E-state index is 0.0514. The summed E-state index contributed by atoms with van der Waals surface area (Å²) in [6.45, 7) is -0.336. The van der Waals surface area contributed by atoms with Crippen LogP contribution in [-0.4, -0.2) is 10.0 Å². The minimum atomic E-state index is -0.500. The van der Waals surface area contributed by atoms with Crippen LogP contribution in [0.15, 0.2) is 36.4 Å². The van der Waals surface area contributed by atoms with E-state index in [0.29, 0.717) is 26.9 Å². The molecule has 0 aromatic heterocycles. The van der Waals surface area contributed by atoms with E-state index in [4.69, 9.17) is 27.9 Å². The Morgan fingerprint density at radius 2 is 2.00 bits per heavy atom. The second kappa shape index (κ2) is 6.76. The maximum Gasteiger partial charge on any atom is 0.276 e. The van der Waals surface area contributed by atoms with E-state index in [-0.39, 0.29) is 18.9 Å². The predicted octanol–water partition coefficient (Wildman–Crippen LogP) is 3.97. The summed E-state index contributed by atoms with van der Waals surface area (Å²) in [5.74, 6) is 0.374.